The molecular formula is C69H136. The summed E-state index contributed by atoms with van der Waals surface area (Å²) in [6.45, 7) is 47.1. The number of hydrogen-bond acceptors (Lipinski definition) is 0. The number of unbranched alkanes of at least 4 members (excludes halogenated alkanes) is 10. The fourth-order valence-corrected chi connectivity index (χ4v) is 12.8. The molecule has 0 radical (unpaired) electrons. The molecular weight excluding hydrogens is 829 g/mol. The van der Waals surface area contributed by atoms with Crippen molar-refractivity contribution in [1.82, 2.24) is 0 Å². The summed E-state index contributed by atoms with van der Waals surface area (Å²) >= 11 is 0. The lowest BCUT2D eigenvalue weighted by atomic mass is 9.66. The van der Waals surface area contributed by atoms with Crippen LogP contribution in [0.1, 0.15) is 350 Å². The van der Waals surface area contributed by atoms with Crippen molar-refractivity contribution in [2.75, 3.05) is 0 Å². The van der Waals surface area contributed by atoms with Crippen LogP contribution in [0.25, 0.3) is 0 Å². The highest BCUT2D eigenvalue weighted by atomic mass is 14.4. The van der Waals surface area contributed by atoms with E-state index < -0.39 is 0 Å². The Morgan fingerprint density at radius 2 is 0.913 bits per heavy atom. The van der Waals surface area contributed by atoms with E-state index in [0.717, 1.165) is 47.3 Å². The van der Waals surface area contributed by atoms with Crippen LogP contribution in [0.3, 0.4) is 0 Å². The van der Waals surface area contributed by atoms with Gasteiger partial charge in [-0.25, -0.2) is 0 Å². The molecule has 0 saturated heterocycles. The molecule has 0 N–H and O–H groups in total. The van der Waals surface area contributed by atoms with Crippen molar-refractivity contribution in [1.29, 1.82) is 0 Å². The Kier molecular flexibility index (Phi) is 39.6. The highest BCUT2D eigenvalue weighted by Gasteiger charge is 2.32. The van der Waals surface area contributed by atoms with E-state index in [1.54, 1.807) is 11.1 Å². The average molecular weight is 966 g/mol. The van der Waals surface area contributed by atoms with E-state index in [-0.39, 0.29) is 0 Å². The van der Waals surface area contributed by atoms with Crippen molar-refractivity contribution in [2.24, 2.45) is 69.5 Å². The number of hydrogen-bond donors (Lipinski definition) is 0. The van der Waals surface area contributed by atoms with E-state index in [1.165, 1.54) is 218 Å². The van der Waals surface area contributed by atoms with Gasteiger partial charge in [0, 0.05) is 0 Å². The highest BCUT2D eigenvalue weighted by Crippen LogP contribution is 2.43. The molecule has 8 unspecified atom stereocenters. The molecule has 8 atom stereocenters. The third-order valence-electron chi connectivity index (χ3n) is 19.3. The van der Waals surface area contributed by atoms with E-state index in [2.05, 4.69) is 144 Å². The molecule has 0 amide bonds. The third kappa shape index (κ3) is 33.8. The van der Waals surface area contributed by atoms with Gasteiger partial charge in [-0.3, -0.25) is 0 Å². The quantitative estimate of drug-likeness (QED) is 0.0421. The molecule has 0 aliphatic carbocycles. The smallest absolute Gasteiger partial charge is 0.0260 e. The predicted molar refractivity (Wildman–Crippen MR) is 320 cm³/mol. The van der Waals surface area contributed by atoms with Crippen LogP contribution in [0.2, 0.25) is 0 Å². The van der Waals surface area contributed by atoms with Gasteiger partial charge in [0.15, 0.2) is 0 Å². The Morgan fingerprint density at radius 1 is 0.406 bits per heavy atom. The molecule has 0 aromatic heterocycles. The maximum atomic E-state index is 2.63. The summed E-state index contributed by atoms with van der Waals surface area (Å²) in [5.74, 6) is 7.78. The molecule has 0 aromatic rings. The lowest BCUT2D eigenvalue weighted by Crippen LogP contribution is -2.30. The largest absolute Gasteiger partial charge is 0.0882 e. The minimum Gasteiger partial charge on any atom is -0.0882 e. The van der Waals surface area contributed by atoms with Gasteiger partial charge >= 0.3 is 0 Å². The zero-order valence-electron chi connectivity index (χ0n) is 51.9. The predicted octanol–water partition coefficient (Wildman–Crippen LogP) is 25.0. The van der Waals surface area contributed by atoms with Crippen molar-refractivity contribution in [3.05, 3.63) is 23.3 Å². The van der Waals surface area contributed by atoms with E-state index >= 15 is 0 Å². The number of rotatable bonds is 47. The summed E-state index contributed by atoms with van der Waals surface area (Å²) in [4.78, 5) is 0. The molecule has 0 aliphatic rings. The molecule has 0 bridgehead atoms. The minimum atomic E-state index is 0.419. The fraction of sp³-hybridized carbons (Fsp3) is 0.942. The molecule has 69 heavy (non-hydrogen) atoms. The number of allylic oxidation sites excluding steroid dienone is 4. The SMILES string of the molecule is CC=C(CCCCCC(CCC(C)(C)CC)C(C)CCC(C)C(C)CCCCCCCC(C)(C)CC=C(C)CCCC(C)(C)C(CCCC)C(C)CCCCCCC(CCC)C(C)CCC)C(C)C. The van der Waals surface area contributed by atoms with Crippen LogP contribution >= 0.6 is 0 Å². The summed E-state index contributed by atoms with van der Waals surface area (Å²) in [7, 11) is 0. The van der Waals surface area contributed by atoms with Gasteiger partial charge in [0.1, 0.15) is 0 Å². The van der Waals surface area contributed by atoms with Crippen molar-refractivity contribution >= 4 is 0 Å². The molecule has 412 valence electrons. The van der Waals surface area contributed by atoms with Crippen LogP contribution in [-0.2, 0) is 0 Å². The summed E-state index contributed by atoms with van der Waals surface area (Å²) < 4.78 is 0. The standard InChI is InChI=1S/C69H136/c1-20-25-47-66(62(13)43-33-28-29-34-45-64(40-22-3)60(11)39-21-2)69(18,19)53-38-41-57(8)50-54-68(16,17)52-37-30-26-27-32-42-58(9)59(10)48-49-61(12)65(51-55-67(14,15)24-5)46-36-31-35-44-63(23-4)56(6)7/h23,50,56,58-62,64-66H,20-22,24-49,51-55H2,1-19H3. The van der Waals surface area contributed by atoms with Gasteiger partial charge < -0.3 is 0 Å². The van der Waals surface area contributed by atoms with E-state index in [0.29, 0.717) is 22.2 Å². The van der Waals surface area contributed by atoms with Crippen LogP contribution in [0, 0.1) is 69.5 Å². The van der Waals surface area contributed by atoms with Gasteiger partial charge in [0.25, 0.3) is 0 Å². The van der Waals surface area contributed by atoms with Crippen LogP contribution in [0.15, 0.2) is 23.3 Å². The molecule has 0 spiro atoms. The highest BCUT2D eigenvalue weighted by molar-refractivity contribution is 5.03. The average Bonchev–Trinajstić information content (AvgIpc) is 3.29. The zero-order valence-corrected chi connectivity index (χ0v) is 51.9. The first-order chi connectivity index (χ1) is 32.6. The topological polar surface area (TPSA) is 0 Å². The first-order valence-electron chi connectivity index (χ1n) is 31.9. The normalized spacial score (nSPS) is 17.0. The molecule has 0 saturated carbocycles. The first-order valence-corrected chi connectivity index (χ1v) is 31.9. The van der Waals surface area contributed by atoms with Gasteiger partial charge in [-0.1, -0.05) is 295 Å². The molecule has 0 heterocycles. The second-order valence-electron chi connectivity index (χ2n) is 27.5. The van der Waals surface area contributed by atoms with Gasteiger partial charge in [0.2, 0.25) is 0 Å². The Labute approximate surface area is 440 Å². The second kappa shape index (κ2) is 39.9. The molecule has 0 nitrogen and oxygen atoms in total. The molecule has 0 rings (SSSR count). The summed E-state index contributed by atoms with van der Waals surface area (Å²) in [5, 5.41) is 0. The third-order valence-corrected chi connectivity index (χ3v) is 19.3. The summed E-state index contributed by atoms with van der Waals surface area (Å²) in [6.07, 6.45) is 52.5. The van der Waals surface area contributed by atoms with E-state index in [9.17, 15) is 0 Å². The first kappa shape index (κ1) is 68.5. The van der Waals surface area contributed by atoms with Gasteiger partial charge in [-0.05, 0) is 148 Å². The van der Waals surface area contributed by atoms with Crippen molar-refractivity contribution in [3.8, 4) is 0 Å². The van der Waals surface area contributed by atoms with E-state index in [4.69, 9.17) is 0 Å². The van der Waals surface area contributed by atoms with Gasteiger partial charge in [-0.15, -0.1) is 0 Å². The van der Waals surface area contributed by atoms with Crippen LogP contribution < -0.4 is 0 Å². The van der Waals surface area contributed by atoms with Crippen molar-refractivity contribution < 1.29 is 0 Å². The Balaban J connectivity index is 4.67. The fourth-order valence-electron chi connectivity index (χ4n) is 12.8. The molecule has 0 heteroatoms. The van der Waals surface area contributed by atoms with Gasteiger partial charge in [-0.2, -0.15) is 0 Å². The van der Waals surface area contributed by atoms with Crippen LogP contribution in [0.5, 0.6) is 0 Å². The van der Waals surface area contributed by atoms with E-state index in [1.807, 2.05) is 0 Å². The summed E-state index contributed by atoms with van der Waals surface area (Å²) in [6, 6.07) is 0. The van der Waals surface area contributed by atoms with Crippen LogP contribution in [0.4, 0.5) is 0 Å². The lowest BCUT2D eigenvalue weighted by molar-refractivity contribution is 0.112. The Hall–Kier alpha value is -0.520. The minimum absolute atomic E-state index is 0.419. The maximum Gasteiger partial charge on any atom is -0.0260 e. The van der Waals surface area contributed by atoms with Gasteiger partial charge in [0.05, 0.1) is 0 Å². The second-order valence-corrected chi connectivity index (χ2v) is 27.5. The Bertz CT molecular complexity index is 1220. The summed E-state index contributed by atoms with van der Waals surface area (Å²) in [5.41, 5.74) is 4.64. The van der Waals surface area contributed by atoms with Crippen molar-refractivity contribution in [2.45, 2.75) is 350 Å². The molecule has 0 aliphatic heterocycles. The Morgan fingerprint density at radius 3 is 1.48 bits per heavy atom. The van der Waals surface area contributed by atoms with Crippen LogP contribution in [-0.4, -0.2) is 0 Å². The molecule has 0 fully saturated rings. The lowest BCUT2D eigenvalue weighted by Gasteiger charge is -2.39. The zero-order chi connectivity index (χ0) is 52.3. The maximum absolute atomic E-state index is 2.63. The molecule has 0 aromatic carbocycles. The monoisotopic (exact) mass is 965 g/mol. The van der Waals surface area contributed by atoms with Crippen molar-refractivity contribution in [3.63, 3.8) is 0 Å².